The van der Waals surface area contributed by atoms with Gasteiger partial charge in [0.25, 0.3) is 0 Å². The van der Waals surface area contributed by atoms with Gasteiger partial charge in [0.15, 0.2) is 0 Å². The highest BCUT2D eigenvalue weighted by atomic mass is 15.2. The zero-order valence-electron chi connectivity index (χ0n) is 14.0. The molecule has 2 aromatic heterocycles. The van der Waals surface area contributed by atoms with Gasteiger partial charge in [0.1, 0.15) is 5.82 Å². The number of pyridine rings is 1. The summed E-state index contributed by atoms with van der Waals surface area (Å²) in [6.45, 7) is 5.05. The van der Waals surface area contributed by atoms with Crippen molar-refractivity contribution in [3.63, 3.8) is 0 Å². The number of nitrogens with two attached hydrogens (primary N) is 1. The molecule has 0 unspecified atom stereocenters. The highest BCUT2D eigenvalue weighted by Gasteiger charge is 2.24. The van der Waals surface area contributed by atoms with E-state index in [1.54, 1.807) is 0 Å². The number of nitrogen functional groups attached to an aromatic ring is 1. The summed E-state index contributed by atoms with van der Waals surface area (Å²) < 4.78 is 0. The van der Waals surface area contributed by atoms with Crippen LogP contribution in [0.5, 0.6) is 0 Å². The first-order valence-electron chi connectivity index (χ1n) is 8.82. The molecule has 2 aliphatic rings. The topological polar surface area (TPSA) is 71.2 Å². The lowest BCUT2D eigenvalue weighted by atomic mass is 10.1. The number of hydrogen-bond acceptors (Lipinski definition) is 6. The number of hydrogen-bond donors (Lipinski definition) is 1. The molecular weight excluding hydrogens is 300 g/mol. The molecule has 4 heterocycles. The molecular formula is C18H24N6. The minimum atomic E-state index is 0.411. The Bertz CT molecular complexity index is 696. The molecule has 0 radical (unpaired) electrons. The molecule has 0 aliphatic carbocycles. The molecule has 0 aromatic carbocycles. The summed E-state index contributed by atoms with van der Waals surface area (Å²) in [6, 6.07) is 6.10. The van der Waals surface area contributed by atoms with E-state index >= 15 is 0 Å². The molecule has 4 rings (SSSR count). The second-order valence-corrected chi connectivity index (χ2v) is 6.62. The Morgan fingerprint density at radius 1 is 1.00 bits per heavy atom. The number of anilines is 2. The fraction of sp³-hybridized carbons (Fsp3) is 0.500. The van der Waals surface area contributed by atoms with E-state index in [9.17, 15) is 0 Å². The first-order chi connectivity index (χ1) is 11.8. The summed E-state index contributed by atoms with van der Waals surface area (Å²) in [5.41, 5.74) is 9.54. The van der Waals surface area contributed by atoms with E-state index in [0.29, 0.717) is 5.95 Å². The Morgan fingerprint density at radius 3 is 2.62 bits per heavy atom. The van der Waals surface area contributed by atoms with E-state index in [2.05, 4.69) is 30.8 Å². The van der Waals surface area contributed by atoms with Crippen LogP contribution in [0.2, 0.25) is 0 Å². The maximum absolute atomic E-state index is 5.99. The van der Waals surface area contributed by atoms with Gasteiger partial charge in [-0.1, -0.05) is 6.07 Å². The lowest BCUT2D eigenvalue weighted by Gasteiger charge is -2.21. The molecule has 0 saturated carbocycles. The van der Waals surface area contributed by atoms with Crippen molar-refractivity contribution in [2.75, 3.05) is 36.8 Å². The molecule has 0 amide bonds. The SMILES string of the molecule is Nc1nc2c(c(N3CCCC3)n1)CCN(Cc1ccccn1)CC2. The van der Waals surface area contributed by atoms with E-state index in [4.69, 9.17) is 5.73 Å². The Morgan fingerprint density at radius 2 is 1.83 bits per heavy atom. The van der Waals surface area contributed by atoms with Crippen LogP contribution in [0.1, 0.15) is 29.8 Å². The summed E-state index contributed by atoms with van der Waals surface area (Å²) in [7, 11) is 0. The third kappa shape index (κ3) is 3.19. The van der Waals surface area contributed by atoms with Crippen molar-refractivity contribution in [1.29, 1.82) is 0 Å². The Hall–Kier alpha value is -2.21. The van der Waals surface area contributed by atoms with E-state index in [-0.39, 0.29) is 0 Å². The van der Waals surface area contributed by atoms with Crippen LogP contribution in [0, 0.1) is 0 Å². The highest BCUT2D eigenvalue weighted by Crippen LogP contribution is 2.28. The standard InChI is InChI=1S/C18H24N6/c19-18-21-16-7-12-23(13-14-5-1-2-8-20-14)11-6-15(16)17(22-18)24-9-3-4-10-24/h1-2,5,8H,3-4,6-7,9-13H2,(H2,19,21,22). The van der Waals surface area contributed by atoms with Crippen molar-refractivity contribution in [3.05, 3.63) is 41.3 Å². The van der Waals surface area contributed by atoms with Gasteiger partial charge in [-0.05, 0) is 31.4 Å². The van der Waals surface area contributed by atoms with E-state index < -0.39 is 0 Å². The van der Waals surface area contributed by atoms with Crippen LogP contribution in [0.25, 0.3) is 0 Å². The maximum atomic E-state index is 5.99. The Kier molecular flexibility index (Phi) is 4.30. The lowest BCUT2D eigenvalue weighted by Crippen LogP contribution is -2.26. The maximum Gasteiger partial charge on any atom is 0.222 e. The number of rotatable bonds is 3. The van der Waals surface area contributed by atoms with Gasteiger partial charge >= 0.3 is 0 Å². The largest absolute Gasteiger partial charge is 0.368 e. The minimum Gasteiger partial charge on any atom is -0.368 e. The third-order valence-electron chi connectivity index (χ3n) is 4.95. The van der Waals surface area contributed by atoms with Crippen molar-refractivity contribution >= 4 is 11.8 Å². The Labute approximate surface area is 142 Å². The van der Waals surface area contributed by atoms with Crippen LogP contribution in [0.4, 0.5) is 11.8 Å². The molecule has 2 aromatic rings. The molecule has 0 spiro atoms. The molecule has 6 nitrogen and oxygen atoms in total. The van der Waals surface area contributed by atoms with Crippen molar-refractivity contribution in [2.45, 2.75) is 32.2 Å². The van der Waals surface area contributed by atoms with Crippen molar-refractivity contribution in [1.82, 2.24) is 19.9 Å². The van der Waals surface area contributed by atoms with Gasteiger partial charge in [0, 0.05) is 50.9 Å². The zero-order chi connectivity index (χ0) is 16.4. The Balaban J connectivity index is 1.55. The average Bonchev–Trinajstić information content (AvgIpc) is 3.06. The summed E-state index contributed by atoms with van der Waals surface area (Å²) in [5, 5.41) is 0. The summed E-state index contributed by atoms with van der Waals surface area (Å²) in [4.78, 5) is 18.4. The van der Waals surface area contributed by atoms with Crippen LogP contribution in [0.15, 0.2) is 24.4 Å². The van der Waals surface area contributed by atoms with Gasteiger partial charge in [0.05, 0.1) is 11.4 Å². The third-order valence-corrected chi connectivity index (χ3v) is 4.95. The van der Waals surface area contributed by atoms with Gasteiger partial charge in [-0.3, -0.25) is 9.88 Å². The summed E-state index contributed by atoms with van der Waals surface area (Å²) in [5.74, 6) is 1.49. The smallest absolute Gasteiger partial charge is 0.222 e. The van der Waals surface area contributed by atoms with Crippen LogP contribution in [-0.4, -0.2) is 46.0 Å². The molecule has 2 N–H and O–H groups in total. The first kappa shape index (κ1) is 15.3. The quantitative estimate of drug-likeness (QED) is 0.926. The molecule has 0 bridgehead atoms. The predicted octanol–water partition coefficient (Wildman–Crippen LogP) is 1.65. The van der Waals surface area contributed by atoms with Crippen LogP contribution in [-0.2, 0) is 19.4 Å². The monoisotopic (exact) mass is 324 g/mol. The molecule has 24 heavy (non-hydrogen) atoms. The average molecular weight is 324 g/mol. The van der Waals surface area contributed by atoms with Gasteiger partial charge < -0.3 is 10.6 Å². The molecule has 0 atom stereocenters. The van der Waals surface area contributed by atoms with E-state index in [0.717, 1.165) is 62.8 Å². The summed E-state index contributed by atoms with van der Waals surface area (Å²) in [6.07, 6.45) is 6.25. The van der Waals surface area contributed by atoms with Gasteiger partial charge in [-0.25, -0.2) is 4.98 Å². The van der Waals surface area contributed by atoms with E-state index in [1.165, 1.54) is 18.4 Å². The number of nitrogens with zero attached hydrogens (tertiary/aromatic N) is 5. The van der Waals surface area contributed by atoms with Crippen LogP contribution >= 0.6 is 0 Å². The molecule has 126 valence electrons. The minimum absolute atomic E-state index is 0.411. The molecule has 2 aliphatic heterocycles. The van der Waals surface area contributed by atoms with Gasteiger partial charge in [-0.2, -0.15) is 4.98 Å². The van der Waals surface area contributed by atoms with Crippen molar-refractivity contribution in [3.8, 4) is 0 Å². The van der Waals surface area contributed by atoms with Crippen LogP contribution in [0.3, 0.4) is 0 Å². The highest BCUT2D eigenvalue weighted by molar-refractivity contribution is 5.53. The molecule has 1 fully saturated rings. The van der Waals surface area contributed by atoms with E-state index in [1.807, 2.05) is 18.3 Å². The predicted molar refractivity (Wildman–Crippen MR) is 94.8 cm³/mol. The van der Waals surface area contributed by atoms with Crippen molar-refractivity contribution in [2.24, 2.45) is 0 Å². The second kappa shape index (κ2) is 6.73. The van der Waals surface area contributed by atoms with Crippen LogP contribution < -0.4 is 10.6 Å². The van der Waals surface area contributed by atoms with Crippen molar-refractivity contribution < 1.29 is 0 Å². The normalized spacial score (nSPS) is 18.4. The van der Waals surface area contributed by atoms with Gasteiger partial charge in [-0.15, -0.1) is 0 Å². The molecule has 1 saturated heterocycles. The fourth-order valence-electron chi connectivity index (χ4n) is 3.71. The summed E-state index contributed by atoms with van der Waals surface area (Å²) >= 11 is 0. The zero-order valence-corrected chi connectivity index (χ0v) is 14.0. The lowest BCUT2D eigenvalue weighted by molar-refractivity contribution is 0.275. The second-order valence-electron chi connectivity index (χ2n) is 6.62. The molecule has 6 heteroatoms. The number of aromatic nitrogens is 3. The number of fused-ring (bicyclic) bond motifs is 1. The fourth-order valence-corrected chi connectivity index (χ4v) is 3.71. The van der Waals surface area contributed by atoms with Gasteiger partial charge in [0.2, 0.25) is 5.95 Å². The first-order valence-corrected chi connectivity index (χ1v) is 8.82.